The molecule has 0 aliphatic carbocycles. The molecule has 0 fully saturated rings. The minimum absolute atomic E-state index is 0.0756. The standard InChI is InChI=1S/C15H19ClFNO4/c1-9(22-12-5-4-10(17)8-11(12)16)13(19)18-7-6-15(2,3)14(20)21/h4-5,8-9H,6-7H2,1-3H3,(H,18,19)(H,20,21). The molecule has 7 heteroatoms. The van der Waals surface area contributed by atoms with Gasteiger partial charge in [-0.15, -0.1) is 0 Å². The van der Waals surface area contributed by atoms with E-state index in [-0.39, 0.29) is 23.7 Å². The normalized spacial score (nSPS) is 12.6. The number of carboxylic acids is 1. The van der Waals surface area contributed by atoms with Crippen molar-refractivity contribution in [1.29, 1.82) is 0 Å². The van der Waals surface area contributed by atoms with E-state index in [2.05, 4.69) is 5.32 Å². The smallest absolute Gasteiger partial charge is 0.309 e. The second-order valence-electron chi connectivity index (χ2n) is 5.56. The van der Waals surface area contributed by atoms with E-state index in [1.807, 2.05) is 0 Å². The highest BCUT2D eigenvalue weighted by Gasteiger charge is 2.27. The van der Waals surface area contributed by atoms with Crippen LogP contribution in [0.2, 0.25) is 5.02 Å². The van der Waals surface area contributed by atoms with Gasteiger partial charge in [0.2, 0.25) is 0 Å². The number of ether oxygens (including phenoxy) is 1. The van der Waals surface area contributed by atoms with Crippen LogP contribution in [0.4, 0.5) is 4.39 Å². The molecule has 0 radical (unpaired) electrons. The van der Waals surface area contributed by atoms with E-state index >= 15 is 0 Å². The second-order valence-corrected chi connectivity index (χ2v) is 5.97. The molecule has 0 saturated heterocycles. The fourth-order valence-electron chi connectivity index (χ4n) is 1.56. The van der Waals surface area contributed by atoms with Crippen molar-refractivity contribution in [3.8, 4) is 5.75 Å². The van der Waals surface area contributed by atoms with Crippen LogP contribution in [0.5, 0.6) is 5.75 Å². The molecule has 0 bridgehead atoms. The molecule has 1 aromatic carbocycles. The van der Waals surface area contributed by atoms with Crippen molar-refractivity contribution in [2.45, 2.75) is 33.3 Å². The predicted octanol–water partition coefficient (Wildman–Crippen LogP) is 2.86. The summed E-state index contributed by atoms with van der Waals surface area (Å²) in [5.41, 5.74) is -0.919. The number of carbonyl (C=O) groups excluding carboxylic acids is 1. The number of aliphatic carboxylic acids is 1. The molecule has 1 rings (SSSR count). The van der Waals surface area contributed by atoms with Crippen LogP contribution in [-0.2, 0) is 9.59 Å². The lowest BCUT2D eigenvalue weighted by atomic mass is 9.90. The van der Waals surface area contributed by atoms with Gasteiger partial charge in [-0.05, 0) is 45.4 Å². The van der Waals surface area contributed by atoms with Crippen molar-refractivity contribution in [2.24, 2.45) is 5.41 Å². The molecule has 1 unspecified atom stereocenters. The SMILES string of the molecule is CC(Oc1ccc(F)cc1Cl)C(=O)NCCC(C)(C)C(=O)O. The number of nitrogens with one attached hydrogen (secondary N) is 1. The summed E-state index contributed by atoms with van der Waals surface area (Å²) in [5.74, 6) is -1.62. The van der Waals surface area contributed by atoms with Gasteiger partial charge in [0.25, 0.3) is 5.91 Å². The Morgan fingerprint density at radius 2 is 2.09 bits per heavy atom. The van der Waals surface area contributed by atoms with E-state index in [4.69, 9.17) is 21.4 Å². The van der Waals surface area contributed by atoms with Crippen LogP contribution in [0.25, 0.3) is 0 Å². The summed E-state index contributed by atoms with van der Waals surface area (Å²) < 4.78 is 18.3. The Hall–Kier alpha value is -1.82. The van der Waals surface area contributed by atoms with E-state index in [1.165, 1.54) is 19.1 Å². The number of rotatable bonds is 7. The Bertz CT molecular complexity index is 562. The Kier molecular flexibility index (Phi) is 6.17. The summed E-state index contributed by atoms with van der Waals surface area (Å²) >= 11 is 5.82. The van der Waals surface area contributed by atoms with Gasteiger partial charge in [0.15, 0.2) is 6.10 Å². The third-order valence-electron chi connectivity index (χ3n) is 3.20. The number of hydrogen-bond acceptors (Lipinski definition) is 3. The average Bonchev–Trinajstić information content (AvgIpc) is 2.41. The highest BCUT2D eigenvalue weighted by molar-refractivity contribution is 6.32. The molecule has 0 aromatic heterocycles. The van der Waals surface area contributed by atoms with Crippen molar-refractivity contribution in [3.05, 3.63) is 29.0 Å². The number of amides is 1. The Balaban J connectivity index is 2.50. The minimum atomic E-state index is -0.927. The van der Waals surface area contributed by atoms with Crippen molar-refractivity contribution in [1.82, 2.24) is 5.32 Å². The third-order valence-corrected chi connectivity index (χ3v) is 3.49. The summed E-state index contributed by atoms with van der Waals surface area (Å²) in [6.45, 7) is 4.90. The maximum absolute atomic E-state index is 12.9. The lowest BCUT2D eigenvalue weighted by Crippen LogP contribution is -2.39. The van der Waals surface area contributed by atoms with Crippen molar-refractivity contribution < 1.29 is 23.8 Å². The zero-order chi connectivity index (χ0) is 16.9. The molecule has 2 N–H and O–H groups in total. The fraction of sp³-hybridized carbons (Fsp3) is 0.467. The van der Waals surface area contributed by atoms with Crippen LogP contribution in [0, 0.1) is 11.2 Å². The molecular weight excluding hydrogens is 313 g/mol. The van der Waals surface area contributed by atoms with Gasteiger partial charge in [0.05, 0.1) is 10.4 Å². The predicted molar refractivity (Wildman–Crippen MR) is 80.5 cm³/mol. The van der Waals surface area contributed by atoms with E-state index in [1.54, 1.807) is 13.8 Å². The van der Waals surface area contributed by atoms with E-state index in [9.17, 15) is 14.0 Å². The number of hydrogen-bond donors (Lipinski definition) is 2. The van der Waals surface area contributed by atoms with Crippen molar-refractivity contribution in [3.63, 3.8) is 0 Å². The fourth-order valence-corrected chi connectivity index (χ4v) is 1.78. The molecule has 0 spiro atoms. The first-order valence-electron chi connectivity index (χ1n) is 6.76. The zero-order valence-corrected chi connectivity index (χ0v) is 13.4. The summed E-state index contributed by atoms with van der Waals surface area (Å²) in [7, 11) is 0. The second kappa shape index (κ2) is 7.45. The summed E-state index contributed by atoms with van der Waals surface area (Å²) in [5, 5.41) is 11.7. The van der Waals surface area contributed by atoms with E-state index in [0.717, 1.165) is 6.07 Å². The molecule has 0 aliphatic rings. The first kappa shape index (κ1) is 18.2. The van der Waals surface area contributed by atoms with Gasteiger partial charge in [-0.2, -0.15) is 0 Å². The Morgan fingerprint density at radius 1 is 1.45 bits per heavy atom. The summed E-state index contributed by atoms with van der Waals surface area (Å²) in [4.78, 5) is 22.8. The highest BCUT2D eigenvalue weighted by atomic mass is 35.5. The molecule has 22 heavy (non-hydrogen) atoms. The maximum Gasteiger partial charge on any atom is 0.309 e. The monoisotopic (exact) mass is 331 g/mol. The quantitative estimate of drug-likeness (QED) is 0.805. The van der Waals surface area contributed by atoms with Gasteiger partial charge in [0.1, 0.15) is 11.6 Å². The Labute approximate surface area is 133 Å². The van der Waals surface area contributed by atoms with Crippen LogP contribution in [0.1, 0.15) is 27.2 Å². The highest BCUT2D eigenvalue weighted by Crippen LogP contribution is 2.26. The number of carbonyl (C=O) groups is 2. The number of benzene rings is 1. The van der Waals surface area contributed by atoms with Crippen molar-refractivity contribution >= 4 is 23.5 Å². The lowest BCUT2D eigenvalue weighted by molar-refractivity contribution is -0.147. The van der Waals surface area contributed by atoms with Gasteiger partial charge in [0, 0.05) is 6.54 Å². The summed E-state index contributed by atoms with van der Waals surface area (Å²) in [6.07, 6.45) is -0.547. The first-order valence-corrected chi connectivity index (χ1v) is 7.14. The van der Waals surface area contributed by atoms with Gasteiger partial charge in [-0.3, -0.25) is 9.59 Å². The molecule has 0 aliphatic heterocycles. The van der Waals surface area contributed by atoms with E-state index in [0.29, 0.717) is 0 Å². The number of carboxylic acid groups (broad SMARTS) is 1. The maximum atomic E-state index is 12.9. The Morgan fingerprint density at radius 3 is 2.64 bits per heavy atom. The minimum Gasteiger partial charge on any atom is -0.481 e. The molecule has 1 amide bonds. The van der Waals surface area contributed by atoms with E-state index < -0.39 is 29.2 Å². The van der Waals surface area contributed by atoms with Crippen LogP contribution >= 0.6 is 11.6 Å². The van der Waals surface area contributed by atoms with Gasteiger partial charge >= 0.3 is 5.97 Å². The third kappa shape index (κ3) is 5.18. The first-order chi connectivity index (χ1) is 10.1. The molecule has 0 heterocycles. The zero-order valence-electron chi connectivity index (χ0n) is 12.7. The summed E-state index contributed by atoms with van der Waals surface area (Å²) in [6, 6.07) is 3.62. The largest absolute Gasteiger partial charge is 0.481 e. The molecule has 0 saturated carbocycles. The van der Waals surface area contributed by atoms with Crippen molar-refractivity contribution in [2.75, 3.05) is 6.54 Å². The van der Waals surface area contributed by atoms with Crippen LogP contribution in [0.3, 0.4) is 0 Å². The molecule has 122 valence electrons. The van der Waals surface area contributed by atoms with Gasteiger partial charge in [-0.25, -0.2) is 4.39 Å². The molecule has 1 atom stereocenters. The topological polar surface area (TPSA) is 75.6 Å². The number of halogens is 2. The van der Waals surface area contributed by atoms with Crippen LogP contribution < -0.4 is 10.1 Å². The van der Waals surface area contributed by atoms with Crippen LogP contribution in [-0.4, -0.2) is 29.6 Å². The molecule has 5 nitrogen and oxygen atoms in total. The average molecular weight is 332 g/mol. The van der Waals surface area contributed by atoms with Crippen LogP contribution in [0.15, 0.2) is 18.2 Å². The lowest BCUT2D eigenvalue weighted by Gasteiger charge is -2.20. The van der Waals surface area contributed by atoms with Gasteiger partial charge < -0.3 is 15.2 Å². The molecular formula is C15H19ClFNO4. The van der Waals surface area contributed by atoms with Gasteiger partial charge in [-0.1, -0.05) is 11.6 Å². The molecule has 1 aromatic rings.